The van der Waals surface area contributed by atoms with E-state index in [0.29, 0.717) is 16.5 Å². The van der Waals surface area contributed by atoms with Gasteiger partial charge in [-0.25, -0.2) is 4.39 Å². The van der Waals surface area contributed by atoms with E-state index in [9.17, 15) is 9.18 Å². The molecule has 1 atom stereocenters. The number of benzene rings is 2. The van der Waals surface area contributed by atoms with E-state index >= 15 is 0 Å². The van der Waals surface area contributed by atoms with Gasteiger partial charge in [-0.3, -0.25) is 9.78 Å². The zero-order chi connectivity index (χ0) is 16.6. The Morgan fingerprint density at radius 1 is 1.24 bits per heavy atom. The molecule has 0 radical (unpaired) electrons. The van der Waals surface area contributed by atoms with Crippen molar-refractivity contribution in [2.24, 2.45) is 5.73 Å². The fourth-order valence-corrected chi connectivity index (χ4v) is 2.83. The number of ketones is 1. The van der Waals surface area contributed by atoms with Crippen LogP contribution in [0.15, 0.2) is 48.8 Å². The highest BCUT2D eigenvalue weighted by atomic mass is 35.5. The fourth-order valence-electron chi connectivity index (χ4n) is 2.53. The van der Waals surface area contributed by atoms with Crippen molar-refractivity contribution in [3.8, 4) is 0 Å². The minimum absolute atomic E-state index is 0. The highest BCUT2D eigenvalue weighted by Gasteiger charge is 2.21. The number of nitrogens with zero attached hydrogens (tertiary/aromatic N) is 1. The minimum Gasteiger partial charge on any atom is -0.324 e. The van der Waals surface area contributed by atoms with E-state index in [4.69, 9.17) is 17.3 Å². The van der Waals surface area contributed by atoms with Gasteiger partial charge < -0.3 is 5.73 Å². The molecule has 0 saturated carbocycles. The summed E-state index contributed by atoms with van der Waals surface area (Å²) in [7, 11) is 0. The third-order valence-corrected chi connectivity index (χ3v) is 4.04. The van der Waals surface area contributed by atoms with E-state index in [1.54, 1.807) is 37.5 Å². The van der Waals surface area contributed by atoms with Gasteiger partial charge in [0.05, 0.1) is 10.6 Å². The van der Waals surface area contributed by atoms with Crippen LogP contribution in [0.25, 0.3) is 10.8 Å². The van der Waals surface area contributed by atoms with Gasteiger partial charge in [-0.1, -0.05) is 29.8 Å². The maximum atomic E-state index is 14.4. The topological polar surface area (TPSA) is 56.0 Å². The largest absolute Gasteiger partial charge is 0.324 e. The van der Waals surface area contributed by atoms with Crippen LogP contribution in [0.5, 0.6) is 0 Å². The van der Waals surface area contributed by atoms with Gasteiger partial charge in [0.25, 0.3) is 0 Å². The molecule has 3 rings (SSSR count). The van der Waals surface area contributed by atoms with Gasteiger partial charge in [-0.15, -0.1) is 24.8 Å². The van der Waals surface area contributed by atoms with E-state index in [-0.39, 0.29) is 41.4 Å². The zero-order valence-corrected chi connectivity index (χ0v) is 15.6. The van der Waals surface area contributed by atoms with Crippen molar-refractivity contribution >= 4 is 53.0 Å². The van der Waals surface area contributed by atoms with Crippen LogP contribution in [0, 0.1) is 5.82 Å². The quantitative estimate of drug-likeness (QED) is 0.620. The van der Waals surface area contributed by atoms with E-state index in [1.165, 1.54) is 12.1 Å². The lowest BCUT2D eigenvalue weighted by molar-refractivity contribution is 0.103. The first-order valence-corrected chi connectivity index (χ1v) is 7.49. The number of fused-ring (bicyclic) bond motifs is 1. The minimum atomic E-state index is -0.666. The van der Waals surface area contributed by atoms with Gasteiger partial charge in [0.1, 0.15) is 5.82 Å². The molecule has 0 spiro atoms. The second kappa shape index (κ2) is 8.59. The lowest BCUT2D eigenvalue weighted by Crippen LogP contribution is -2.10. The molecule has 132 valence electrons. The smallest absolute Gasteiger partial charge is 0.198 e. The summed E-state index contributed by atoms with van der Waals surface area (Å²) in [6.45, 7) is 1.73. The number of nitrogens with two attached hydrogens (primary N) is 1. The molecule has 0 aliphatic heterocycles. The third-order valence-electron chi connectivity index (χ3n) is 3.74. The van der Waals surface area contributed by atoms with Gasteiger partial charge in [-0.05, 0) is 36.1 Å². The van der Waals surface area contributed by atoms with Crippen LogP contribution in [0.4, 0.5) is 4.39 Å². The summed E-state index contributed by atoms with van der Waals surface area (Å²) in [5.74, 6) is -1.12. The second-order valence-corrected chi connectivity index (χ2v) is 5.79. The number of hydrogen-bond donors (Lipinski definition) is 1. The first kappa shape index (κ1) is 21.3. The van der Waals surface area contributed by atoms with Gasteiger partial charge in [0.2, 0.25) is 0 Å². The molecule has 0 saturated heterocycles. The van der Waals surface area contributed by atoms with Crippen molar-refractivity contribution in [2.45, 2.75) is 13.0 Å². The molecule has 1 unspecified atom stereocenters. The van der Waals surface area contributed by atoms with Crippen molar-refractivity contribution in [3.05, 3.63) is 76.3 Å². The number of hydrogen-bond acceptors (Lipinski definition) is 3. The molecule has 0 aliphatic carbocycles. The molecule has 3 nitrogen and oxygen atoms in total. The average molecular weight is 402 g/mol. The highest BCUT2D eigenvalue weighted by molar-refractivity contribution is 6.35. The van der Waals surface area contributed by atoms with Crippen molar-refractivity contribution in [1.29, 1.82) is 0 Å². The summed E-state index contributed by atoms with van der Waals surface area (Å²) < 4.78 is 14.4. The molecule has 0 amide bonds. The predicted octanol–water partition coefficient (Wildman–Crippen LogP) is 5.12. The maximum absolute atomic E-state index is 14.4. The Bertz CT molecular complexity index is 887. The highest BCUT2D eigenvalue weighted by Crippen LogP contribution is 2.28. The Balaban J connectivity index is 0.00000156. The van der Waals surface area contributed by atoms with Crippen molar-refractivity contribution in [2.75, 3.05) is 0 Å². The molecular weight excluding hydrogens is 386 g/mol. The standard InChI is InChI=1S/C18H14ClFN2O.2ClH/c1-10(21)12-7-15(19)17(16(20)8-12)18(23)14-4-2-3-11-9-22-6-5-13(11)14;;/h2-10H,21H2,1H3;2*1H. The summed E-state index contributed by atoms with van der Waals surface area (Å²) in [5, 5.41) is 1.58. The van der Waals surface area contributed by atoms with Crippen LogP contribution in [0.3, 0.4) is 0 Å². The van der Waals surface area contributed by atoms with Crippen LogP contribution in [0.1, 0.15) is 34.5 Å². The number of carbonyl (C=O) groups is 1. The van der Waals surface area contributed by atoms with E-state index in [0.717, 1.165) is 5.39 Å². The summed E-state index contributed by atoms with van der Waals surface area (Å²) >= 11 is 6.15. The number of pyridine rings is 1. The first-order valence-electron chi connectivity index (χ1n) is 7.11. The molecule has 2 aromatic carbocycles. The molecule has 7 heteroatoms. The summed E-state index contributed by atoms with van der Waals surface area (Å²) in [6.07, 6.45) is 3.25. The Hall–Kier alpha value is -1.72. The van der Waals surface area contributed by atoms with Crippen LogP contribution in [-0.2, 0) is 0 Å². The van der Waals surface area contributed by atoms with Crippen molar-refractivity contribution in [1.82, 2.24) is 4.98 Å². The fraction of sp³-hybridized carbons (Fsp3) is 0.111. The maximum Gasteiger partial charge on any atom is 0.198 e. The second-order valence-electron chi connectivity index (χ2n) is 5.38. The number of aromatic nitrogens is 1. The molecule has 3 aromatic rings. The van der Waals surface area contributed by atoms with Gasteiger partial charge in [-0.2, -0.15) is 0 Å². The van der Waals surface area contributed by atoms with Gasteiger partial charge >= 0.3 is 0 Å². The van der Waals surface area contributed by atoms with Crippen LogP contribution in [0.2, 0.25) is 5.02 Å². The number of halogens is 4. The molecule has 1 aromatic heterocycles. The first-order chi connectivity index (χ1) is 11.0. The van der Waals surface area contributed by atoms with Gasteiger partial charge in [0, 0.05) is 29.4 Å². The zero-order valence-electron chi connectivity index (χ0n) is 13.2. The van der Waals surface area contributed by atoms with Crippen LogP contribution >= 0.6 is 36.4 Å². The molecule has 0 aliphatic rings. The summed E-state index contributed by atoms with van der Waals surface area (Å²) in [6, 6.07) is 9.39. The van der Waals surface area contributed by atoms with Crippen LogP contribution < -0.4 is 5.73 Å². The molecule has 0 bridgehead atoms. The molecule has 0 fully saturated rings. The van der Waals surface area contributed by atoms with E-state index in [1.807, 2.05) is 6.07 Å². The average Bonchev–Trinajstić information content (AvgIpc) is 2.53. The van der Waals surface area contributed by atoms with Gasteiger partial charge in [0.15, 0.2) is 5.78 Å². The lowest BCUT2D eigenvalue weighted by Gasteiger charge is -2.12. The van der Waals surface area contributed by atoms with E-state index in [2.05, 4.69) is 4.98 Å². The van der Waals surface area contributed by atoms with E-state index < -0.39 is 11.6 Å². The Kier molecular flexibility index (Phi) is 7.32. The summed E-state index contributed by atoms with van der Waals surface area (Å²) in [4.78, 5) is 16.8. The molecule has 2 N–H and O–H groups in total. The number of rotatable bonds is 3. The molecular formula is C18H16Cl3FN2O. The molecule has 1 heterocycles. The normalized spacial score (nSPS) is 11.4. The molecule has 25 heavy (non-hydrogen) atoms. The lowest BCUT2D eigenvalue weighted by atomic mass is 9.96. The Labute approximate surface area is 162 Å². The predicted molar refractivity (Wildman–Crippen MR) is 104 cm³/mol. The van der Waals surface area contributed by atoms with Crippen molar-refractivity contribution < 1.29 is 9.18 Å². The number of carbonyl (C=O) groups excluding carboxylic acids is 1. The summed E-state index contributed by atoms with van der Waals surface area (Å²) in [5.41, 5.74) is 6.54. The Morgan fingerprint density at radius 3 is 2.60 bits per heavy atom. The monoisotopic (exact) mass is 400 g/mol. The van der Waals surface area contributed by atoms with Crippen molar-refractivity contribution in [3.63, 3.8) is 0 Å². The third kappa shape index (κ3) is 4.10. The van der Waals surface area contributed by atoms with Crippen LogP contribution in [-0.4, -0.2) is 10.8 Å². The Morgan fingerprint density at radius 2 is 1.96 bits per heavy atom. The SMILES string of the molecule is CC(N)c1cc(F)c(C(=O)c2cccc3cnccc23)c(Cl)c1.Cl.Cl.